The molecular weight excluding hydrogens is 272 g/mol. The maximum atomic E-state index is 10.7. The predicted octanol–water partition coefficient (Wildman–Crippen LogP) is 3.36. The van der Waals surface area contributed by atoms with E-state index in [9.17, 15) is 10.2 Å². The van der Waals surface area contributed by atoms with Crippen LogP contribution in [0.2, 0.25) is 0 Å². The highest BCUT2D eigenvalue weighted by molar-refractivity contribution is 5.20. The summed E-state index contributed by atoms with van der Waals surface area (Å²) in [4.78, 5) is 0. The Morgan fingerprint density at radius 3 is 2.45 bits per heavy atom. The van der Waals surface area contributed by atoms with Crippen LogP contribution in [0.5, 0.6) is 0 Å². The molecule has 4 fully saturated rings. The zero-order valence-corrected chi connectivity index (χ0v) is 14.0. The largest absolute Gasteiger partial charge is 0.393 e. The fourth-order valence-corrected chi connectivity index (χ4v) is 7.34. The lowest BCUT2D eigenvalue weighted by Gasteiger charge is -2.57. The quantitative estimate of drug-likeness (QED) is 0.674. The third kappa shape index (κ3) is 1.76. The zero-order valence-electron chi connectivity index (χ0n) is 14.0. The molecule has 122 valence electrons. The van der Waals surface area contributed by atoms with Gasteiger partial charge >= 0.3 is 0 Å². The van der Waals surface area contributed by atoms with Gasteiger partial charge < -0.3 is 10.2 Å². The second-order valence-corrected chi connectivity index (χ2v) is 9.35. The lowest BCUT2D eigenvalue weighted by molar-refractivity contribution is -0.101. The van der Waals surface area contributed by atoms with Crippen molar-refractivity contribution in [3.63, 3.8) is 0 Å². The number of aliphatic hydroxyl groups excluding tert-OH is 1. The number of fused-ring (bicyclic) bond motifs is 5. The van der Waals surface area contributed by atoms with E-state index >= 15 is 0 Å². The van der Waals surface area contributed by atoms with Crippen LogP contribution in [-0.4, -0.2) is 21.9 Å². The maximum absolute atomic E-state index is 10.7. The molecule has 0 heterocycles. The molecule has 0 aliphatic heterocycles. The van der Waals surface area contributed by atoms with Gasteiger partial charge in [0.2, 0.25) is 0 Å². The van der Waals surface area contributed by atoms with Crippen LogP contribution < -0.4 is 0 Å². The first-order valence-corrected chi connectivity index (χ1v) is 9.21. The molecule has 0 aromatic rings. The Balaban J connectivity index is 1.66. The van der Waals surface area contributed by atoms with Crippen LogP contribution in [0.25, 0.3) is 0 Å². The zero-order chi connectivity index (χ0) is 15.8. The molecule has 0 aromatic heterocycles. The van der Waals surface area contributed by atoms with Crippen molar-refractivity contribution in [3.8, 4) is 12.3 Å². The summed E-state index contributed by atoms with van der Waals surface area (Å²) in [6, 6.07) is 0. The minimum atomic E-state index is -0.871. The average Bonchev–Trinajstić information content (AvgIpc) is 2.93. The van der Waals surface area contributed by atoms with Gasteiger partial charge in [0.1, 0.15) is 5.60 Å². The predicted molar refractivity (Wildman–Crippen MR) is 86.9 cm³/mol. The van der Waals surface area contributed by atoms with Crippen molar-refractivity contribution in [2.24, 2.45) is 34.5 Å². The summed E-state index contributed by atoms with van der Waals surface area (Å²) in [5.41, 5.74) is -0.519. The van der Waals surface area contributed by atoms with Crippen LogP contribution in [0.3, 0.4) is 0 Å². The van der Waals surface area contributed by atoms with Gasteiger partial charge in [-0.1, -0.05) is 19.8 Å². The van der Waals surface area contributed by atoms with Crippen molar-refractivity contribution in [3.05, 3.63) is 0 Å². The molecule has 4 aliphatic carbocycles. The van der Waals surface area contributed by atoms with Crippen LogP contribution in [0.4, 0.5) is 0 Å². The third-order valence-electron chi connectivity index (χ3n) is 8.54. The fourth-order valence-electron chi connectivity index (χ4n) is 7.34. The topological polar surface area (TPSA) is 40.5 Å². The van der Waals surface area contributed by atoms with E-state index in [-0.39, 0.29) is 16.9 Å². The molecule has 2 N–H and O–H groups in total. The molecule has 22 heavy (non-hydrogen) atoms. The summed E-state index contributed by atoms with van der Waals surface area (Å²) < 4.78 is 0. The van der Waals surface area contributed by atoms with Gasteiger partial charge in [-0.05, 0) is 85.9 Å². The van der Waals surface area contributed by atoms with Gasteiger partial charge in [-0.3, -0.25) is 0 Å². The van der Waals surface area contributed by atoms with E-state index in [1.807, 2.05) is 0 Å². The molecule has 2 heteroatoms. The van der Waals surface area contributed by atoms with Crippen molar-refractivity contribution in [2.75, 3.05) is 0 Å². The summed E-state index contributed by atoms with van der Waals surface area (Å²) in [5, 5.41) is 21.2. The number of hydrogen-bond acceptors (Lipinski definition) is 2. The van der Waals surface area contributed by atoms with Gasteiger partial charge in [-0.2, -0.15) is 0 Å². The summed E-state index contributed by atoms with van der Waals surface area (Å²) in [5.74, 6) is 5.39. The summed E-state index contributed by atoms with van der Waals surface area (Å²) in [6.07, 6.45) is 14.2. The molecule has 0 aromatic carbocycles. The van der Waals surface area contributed by atoms with Crippen molar-refractivity contribution >= 4 is 0 Å². The van der Waals surface area contributed by atoms with E-state index in [0.29, 0.717) is 17.8 Å². The van der Waals surface area contributed by atoms with E-state index in [4.69, 9.17) is 6.42 Å². The molecule has 0 spiro atoms. The Morgan fingerprint density at radius 2 is 1.73 bits per heavy atom. The normalized spacial score (nSPS) is 60.2. The maximum Gasteiger partial charge on any atom is 0.126 e. The van der Waals surface area contributed by atoms with Crippen molar-refractivity contribution in [1.82, 2.24) is 0 Å². The third-order valence-corrected chi connectivity index (χ3v) is 8.54. The summed E-state index contributed by atoms with van der Waals surface area (Å²) in [6.45, 7) is 4.73. The minimum absolute atomic E-state index is 0.102. The Hall–Kier alpha value is -0.520. The second-order valence-electron chi connectivity index (χ2n) is 9.35. The summed E-state index contributed by atoms with van der Waals surface area (Å²) in [7, 11) is 0. The van der Waals surface area contributed by atoms with Gasteiger partial charge in [0.05, 0.1) is 6.10 Å². The van der Waals surface area contributed by atoms with Crippen LogP contribution in [0, 0.1) is 46.8 Å². The molecule has 0 amide bonds. The van der Waals surface area contributed by atoms with E-state index < -0.39 is 5.60 Å². The molecule has 2 nitrogen and oxygen atoms in total. The first kappa shape index (κ1) is 15.0. The molecule has 4 rings (SSSR count). The van der Waals surface area contributed by atoms with Gasteiger partial charge in [0.25, 0.3) is 0 Å². The van der Waals surface area contributed by atoms with Crippen LogP contribution in [0.15, 0.2) is 0 Å². The van der Waals surface area contributed by atoms with Gasteiger partial charge in [-0.25, -0.2) is 0 Å². The smallest absolute Gasteiger partial charge is 0.126 e. The van der Waals surface area contributed by atoms with Crippen LogP contribution >= 0.6 is 0 Å². The number of hydrogen-bond donors (Lipinski definition) is 2. The van der Waals surface area contributed by atoms with Gasteiger partial charge in [0, 0.05) is 0 Å². The van der Waals surface area contributed by atoms with Crippen LogP contribution in [-0.2, 0) is 0 Å². The van der Waals surface area contributed by atoms with E-state index in [1.165, 1.54) is 25.7 Å². The molecule has 8 atom stereocenters. The molecule has 0 unspecified atom stereocenters. The van der Waals surface area contributed by atoms with Gasteiger partial charge in [-0.15, -0.1) is 6.42 Å². The Bertz CT molecular complexity index is 522. The highest BCUT2D eigenvalue weighted by atomic mass is 16.3. The average molecular weight is 302 g/mol. The van der Waals surface area contributed by atoms with E-state index in [1.54, 1.807) is 0 Å². The molecule has 0 bridgehead atoms. The first-order chi connectivity index (χ1) is 10.3. The molecule has 0 saturated heterocycles. The van der Waals surface area contributed by atoms with Gasteiger partial charge in [0.15, 0.2) is 0 Å². The number of aliphatic hydroxyl groups is 2. The Labute approximate surface area is 134 Å². The standard InChI is InChI=1S/C20H30O2/c1-4-20(22)11-13-5-6-14-15-7-8-17(21)18(15,2)10-9-16(14)19(13,3)12-20/h1,13-17,21-22H,5-12H2,2-3H3/t13-,14-,15-,16-,17-,18-,19-,20-/m0/s1. The van der Waals surface area contributed by atoms with Crippen LogP contribution in [0.1, 0.15) is 65.2 Å². The second kappa shape index (κ2) is 4.52. The van der Waals surface area contributed by atoms with Crippen molar-refractivity contribution < 1.29 is 10.2 Å². The number of rotatable bonds is 0. The fraction of sp³-hybridized carbons (Fsp3) is 0.900. The first-order valence-electron chi connectivity index (χ1n) is 9.21. The molecule has 0 radical (unpaired) electrons. The monoisotopic (exact) mass is 302 g/mol. The molecule has 4 aliphatic rings. The van der Waals surface area contributed by atoms with E-state index in [2.05, 4.69) is 19.8 Å². The lowest BCUT2D eigenvalue weighted by Crippen LogP contribution is -2.51. The summed E-state index contributed by atoms with van der Waals surface area (Å²) >= 11 is 0. The van der Waals surface area contributed by atoms with Crippen molar-refractivity contribution in [1.29, 1.82) is 0 Å². The highest BCUT2D eigenvalue weighted by Gasteiger charge is 2.63. The van der Waals surface area contributed by atoms with Crippen molar-refractivity contribution in [2.45, 2.75) is 76.9 Å². The molecular formula is C20H30O2. The number of terminal acetylenes is 1. The Morgan fingerprint density at radius 1 is 1.00 bits per heavy atom. The Kier molecular flexibility index (Phi) is 3.09. The minimum Gasteiger partial charge on any atom is -0.393 e. The highest BCUT2D eigenvalue weighted by Crippen LogP contribution is 2.68. The lowest BCUT2D eigenvalue weighted by atomic mass is 9.48. The molecule has 4 saturated carbocycles. The SMILES string of the molecule is C#C[C@]1(O)C[C@@H]2CC[C@@H]3[C@H](CC[C@]4(C)[C@@H](O)CC[C@@H]34)[C@@]2(C)C1. The van der Waals surface area contributed by atoms with E-state index in [0.717, 1.165) is 31.6 Å².